The molecule has 2 aliphatic rings. The van der Waals surface area contributed by atoms with Gasteiger partial charge in [-0.1, -0.05) is 33.6 Å². The number of fused-ring (bicyclic) bond motifs is 1. The molecule has 0 aromatic carbocycles. The van der Waals surface area contributed by atoms with Gasteiger partial charge in [0.1, 0.15) is 5.78 Å². The van der Waals surface area contributed by atoms with Gasteiger partial charge in [0, 0.05) is 17.7 Å². The second-order valence-corrected chi connectivity index (χ2v) is 12.6. The number of thiazole rings is 1. The van der Waals surface area contributed by atoms with Crippen molar-refractivity contribution in [3.63, 3.8) is 0 Å². The van der Waals surface area contributed by atoms with Gasteiger partial charge in [0.2, 0.25) is 5.91 Å². The highest BCUT2D eigenvalue weighted by Crippen LogP contribution is 2.47. The summed E-state index contributed by atoms with van der Waals surface area (Å²) in [6, 6.07) is -0.323. The number of rotatable bonds is 3. The Balaban J connectivity index is 1.90. The number of nitrogens with zero attached hydrogens (tertiary/aromatic N) is 1. The van der Waals surface area contributed by atoms with E-state index >= 15 is 0 Å². The van der Waals surface area contributed by atoms with E-state index in [9.17, 15) is 19.8 Å². The highest BCUT2D eigenvalue weighted by molar-refractivity contribution is 7.09. The van der Waals surface area contributed by atoms with Crippen LogP contribution < -0.4 is 5.32 Å². The molecule has 0 aliphatic carbocycles. The van der Waals surface area contributed by atoms with Crippen LogP contribution in [0.5, 0.6) is 0 Å². The van der Waals surface area contributed by atoms with Gasteiger partial charge in [0.05, 0.1) is 58.4 Å². The molecule has 3 N–H and O–H groups in total. The molecule has 204 valence electrons. The molecular weight excluding hydrogens is 488 g/mol. The van der Waals surface area contributed by atoms with Crippen LogP contribution in [0.15, 0.2) is 11.0 Å². The van der Waals surface area contributed by atoms with Crippen molar-refractivity contribution in [3.05, 3.63) is 21.7 Å². The van der Waals surface area contributed by atoms with Gasteiger partial charge in [-0.05, 0) is 45.3 Å². The largest absolute Gasteiger partial charge is 0.392 e. The summed E-state index contributed by atoms with van der Waals surface area (Å²) in [6.45, 7) is 11.3. The van der Waals surface area contributed by atoms with Crippen molar-refractivity contribution in [2.45, 2.75) is 110 Å². The van der Waals surface area contributed by atoms with E-state index in [-0.39, 0.29) is 48.2 Å². The molecule has 1 amide bonds. The lowest BCUT2D eigenvalue weighted by molar-refractivity contribution is -0.142. The van der Waals surface area contributed by atoms with Crippen LogP contribution >= 0.6 is 11.3 Å². The average Bonchev–Trinajstić information content (AvgIpc) is 3.34. The number of hydrogen-bond donors (Lipinski definition) is 3. The van der Waals surface area contributed by atoms with Crippen LogP contribution in [0.25, 0.3) is 6.08 Å². The van der Waals surface area contributed by atoms with E-state index in [1.165, 1.54) is 0 Å². The molecule has 2 fully saturated rings. The van der Waals surface area contributed by atoms with Gasteiger partial charge in [-0.15, -0.1) is 23.7 Å². The first kappa shape index (κ1) is 29.5. The number of carbonyl (C=O) groups excluding carboxylic acids is 2. The Hall–Kier alpha value is -2.05. The summed E-state index contributed by atoms with van der Waals surface area (Å²) in [4.78, 5) is 31.2. The number of ketones is 1. The molecule has 37 heavy (non-hydrogen) atoms. The molecule has 0 saturated carbocycles. The van der Waals surface area contributed by atoms with Crippen molar-refractivity contribution in [2.24, 2.45) is 17.3 Å². The molecule has 8 heteroatoms. The number of aliphatic hydroxyl groups excluding tert-OH is 2. The van der Waals surface area contributed by atoms with E-state index in [2.05, 4.69) is 30.1 Å². The second kappa shape index (κ2) is 11.8. The zero-order valence-corrected chi connectivity index (χ0v) is 23.7. The summed E-state index contributed by atoms with van der Waals surface area (Å²) < 4.78 is 6.19. The van der Waals surface area contributed by atoms with E-state index in [4.69, 9.17) is 11.2 Å². The lowest BCUT2D eigenvalue weighted by Crippen LogP contribution is -2.48. The topological polar surface area (TPSA) is 112 Å². The highest BCUT2D eigenvalue weighted by Gasteiger charge is 2.56. The van der Waals surface area contributed by atoms with E-state index < -0.39 is 23.5 Å². The predicted octanol–water partition coefficient (Wildman–Crippen LogP) is 4.05. The van der Waals surface area contributed by atoms with Gasteiger partial charge in [-0.2, -0.15) is 0 Å². The minimum Gasteiger partial charge on any atom is -0.392 e. The van der Waals surface area contributed by atoms with E-state index in [0.29, 0.717) is 6.42 Å². The van der Waals surface area contributed by atoms with Crippen LogP contribution in [0.3, 0.4) is 0 Å². The molecule has 1 aromatic rings. The third-order valence-electron chi connectivity index (χ3n) is 8.17. The minimum atomic E-state index is -1.25. The zero-order valence-electron chi connectivity index (χ0n) is 22.9. The third kappa shape index (κ3) is 6.88. The Labute approximate surface area is 225 Å². The first-order chi connectivity index (χ1) is 17.3. The molecule has 3 rings (SSSR count). The fourth-order valence-electron chi connectivity index (χ4n) is 5.59. The number of ether oxygens (including phenoxy) is 1. The van der Waals surface area contributed by atoms with Crippen LogP contribution in [0.1, 0.15) is 83.8 Å². The van der Waals surface area contributed by atoms with Crippen LogP contribution in [-0.2, 0) is 14.3 Å². The fraction of sp³-hybridized carbons (Fsp3) is 0.690. The Morgan fingerprint density at radius 3 is 2.65 bits per heavy atom. The van der Waals surface area contributed by atoms with Crippen LogP contribution in [0.4, 0.5) is 0 Å². The summed E-state index contributed by atoms with van der Waals surface area (Å²) in [5, 5.41) is 27.9. The first-order valence-electron chi connectivity index (χ1n) is 13.2. The quantitative estimate of drug-likeness (QED) is 0.402. The van der Waals surface area contributed by atoms with Crippen LogP contribution in [0.2, 0.25) is 0 Å². The standard InChI is InChI=1S/C29H42N2O5S/c1-8-11-21-22(32)12-9-10-13-29(7)27(36-29)18(3)25(17(2)14-20-16-37-19(4)30-20)31-24(34)15-23(33)28(5,6)26(21)35/h1,14,16,18,21-23,25,27,32-33H,9-13,15H2,2-7H3,(H,31,34). The molecule has 1 aromatic heterocycles. The minimum absolute atomic E-state index is 0.0183. The van der Waals surface area contributed by atoms with Gasteiger partial charge in [0.25, 0.3) is 0 Å². The number of nitrogens with one attached hydrogen (secondary N) is 1. The van der Waals surface area contributed by atoms with Gasteiger partial charge in [-0.3, -0.25) is 9.59 Å². The van der Waals surface area contributed by atoms with Crippen molar-refractivity contribution >= 4 is 29.1 Å². The highest BCUT2D eigenvalue weighted by atomic mass is 32.1. The Kier molecular flexibility index (Phi) is 9.39. The number of carbonyl (C=O) groups is 2. The Morgan fingerprint density at radius 1 is 1.32 bits per heavy atom. The van der Waals surface area contributed by atoms with E-state index in [1.54, 1.807) is 25.2 Å². The maximum atomic E-state index is 13.4. The fourth-order valence-corrected chi connectivity index (χ4v) is 6.16. The van der Waals surface area contributed by atoms with Crippen molar-refractivity contribution in [3.8, 4) is 12.3 Å². The molecule has 2 saturated heterocycles. The summed E-state index contributed by atoms with van der Waals surface area (Å²) in [6.07, 6.45) is 8.02. The molecule has 0 spiro atoms. The number of hydrogen-bond acceptors (Lipinski definition) is 7. The number of aryl methyl sites for hydroxylation is 1. The maximum Gasteiger partial charge on any atom is 0.223 e. The number of terminal acetylenes is 1. The van der Waals surface area contributed by atoms with Crippen LogP contribution in [0, 0.1) is 36.5 Å². The molecule has 0 bridgehead atoms. The molecule has 7 atom stereocenters. The molecule has 0 radical (unpaired) electrons. The van der Waals surface area contributed by atoms with Gasteiger partial charge in [-0.25, -0.2) is 4.98 Å². The molecule has 3 heterocycles. The second-order valence-electron chi connectivity index (χ2n) is 11.6. The summed E-state index contributed by atoms with van der Waals surface area (Å²) in [7, 11) is 0. The number of epoxide rings is 1. The van der Waals surface area contributed by atoms with Crippen molar-refractivity contribution in [1.29, 1.82) is 0 Å². The van der Waals surface area contributed by atoms with Crippen molar-refractivity contribution in [2.75, 3.05) is 0 Å². The third-order valence-corrected chi connectivity index (χ3v) is 8.96. The van der Waals surface area contributed by atoms with E-state index in [0.717, 1.165) is 35.5 Å². The number of aromatic nitrogens is 1. The average molecular weight is 531 g/mol. The van der Waals surface area contributed by atoms with Crippen molar-refractivity contribution in [1.82, 2.24) is 10.3 Å². The monoisotopic (exact) mass is 530 g/mol. The van der Waals surface area contributed by atoms with Gasteiger partial charge < -0.3 is 20.3 Å². The molecule has 2 aliphatic heterocycles. The lowest BCUT2D eigenvalue weighted by atomic mass is 9.72. The normalized spacial score (nSPS) is 35.8. The van der Waals surface area contributed by atoms with Gasteiger partial charge in [0.15, 0.2) is 0 Å². The summed E-state index contributed by atoms with van der Waals surface area (Å²) >= 11 is 1.57. The summed E-state index contributed by atoms with van der Waals surface area (Å²) in [5.41, 5.74) is 0.238. The van der Waals surface area contributed by atoms with Crippen LogP contribution in [-0.4, -0.2) is 56.8 Å². The Bertz CT molecular complexity index is 1060. The number of aliphatic hydroxyl groups is 2. The first-order valence-corrected chi connectivity index (χ1v) is 14.1. The molecule has 7 unspecified atom stereocenters. The SMILES string of the molecule is C#CCC1C(=O)C(C)(C)C(O)CC(=O)NC(C(C)=Cc2csc(C)n2)C(C)C2OC2(C)CCCCC1O. The molecule has 7 nitrogen and oxygen atoms in total. The van der Waals surface area contributed by atoms with Crippen molar-refractivity contribution < 1.29 is 24.5 Å². The zero-order chi connectivity index (χ0) is 27.5. The van der Waals surface area contributed by atoms with E-state index in [1.807, 2.05) is 25.3 Å². The summed E-state index contributed by atoms with van der Waals surface area (Å²) in [5.74, 6) is 1.03. The number of Topliss-reactive ketones (excluding diaryl/α,β-unsaturated/α-hetero) is 1. The molecular formula is C29H42N2O5S. The van der Waals surface area contributed by atoms with Gasteiger partial charge >= 0.3 is 0 Å². The smallest absolute Gasteiger partial charge is 0.223 e. The predicted molar refractivity (Wildman–Crippen MR) is 146 cm³/mol. The maximum absolute atomic E-state index is 13.4. The Morgan fingerprint density at radius 2 is 2.03 bits per heavy atom. The lowest BCUT2D eigenvalue weighted by Gasteiger charge is -2.34. The number of amides is 1.